The largest absolute Gasteiger partial charge is 0.348 e. The van der Waals surface area contributed by atoms with Gasteiger partial charge in [0.15, 0.2) is 11.5 Å². The molecular formula is C18H15N5OS. The smallest absolute Gasteiger partial charge is 0.224 e. The molecule has 0 radical (unpaired) electrons. The first-order chi connectivity index (χ1) is 12.3. The minimum atomic E-state index is -0.0469. The molecule has 3 heterocycles. The second-order valence-corrected chi connectivity index (χ2v) is 6.34. The van der Waals surface area contributed by atoms with Crippen LogP contribution in [0.3, 0.4) is 0 Å². The average molecular weight is 349 g/mol. The van der Waals surface area contributed by atoms with E-state index >= 15 is 0 Å². The van der Waals surface area contributed by atoms with Gasteiger partial charge in [0, 0.05) is 5.56 Å². The van der Waals surface area contributed by atoms with E-state index in [1.165, 1.54) is 0 Å². The highest BCUT2D eigenvalue weighted by atomic mass is 32.1. The van der Waals surface area contributed by atoms with Gasteiger partial charge >= 0.3 is 0 Å². The number of benzene rings is 1. The van der Waals surface area contributed by atoms with Crippen molar-refractivity contribution in [2.45, 2.75) is 13.0 Å². The number of nitrogens with zero attached hydrogens (tertiary/aromatic N) is 4. The Kier molecular flexibility index (Phi) is 4.22. The number of hydrogen-bond donors (Lipinski definition) is 1. The molecule has 124 valence electrons. The minimum absolute atomic E-state index is 0.0469. The van der Waals surface area contributed by atoms with E-state index in [0.717, 1.165) is 16.8 Å². The molecule has 0 saturated carbocycles. The van der Waals surface area contributed by atoms with Crippen molar-refractivity contribution < 1.29 is 4.79 Å². The first kappa shape index (κ1) is 15.5. The number of rotatable bonds is 5. The van der Waals surface area contributed by atoms with Crippen molar-refractivity contribution in [1.82, 2.24) is 25.1 Å². The first-order valence-electron chi connectivity index (χ1n) is 7.84. The van der Waals surface area contributed by atoms with Gasteiger partial charge in [-0.05, 0) is 34.5 Å². The van der Waals surface area contributed by atoms with Gasteiger partial charge in [0.25, 0.3) is 0 Å². The Morgan fingerprint density at radius 2 is 1.96 bits per heavy atom. The van der Waals surface area contributed by atoms with Crippen LogP contribution in [0.2, 0.25) is 0 Å². The molecule has 0 atom stereocenters. The standard InChI is InChI=1S/C18H15N5OS/c24-18(10-13-8-9-25-12-13)19-11-17-21-20-16-7-6-15(22-23(16)17)14-4-2-1-3-5-14/h1-9,12H,10-11H2,(H,19,24). The molecule has 4 rings (SSSR count). The Balaban J connectivity index is 1.52. The maximum atomic E-state index is 12.0. The molecule has 1 N–H and O–H groups in total. The zero-order valence-electron chi connectivity index (χ0n) is 13.3. The second kappa shape index (κ2) is 6.82. The van der Waals surface area contributed by atoms with Crippen molar-refractivity contribution in [3.05, 3.63) is 70.7 Å². The van der Waals surface area contributed by atoms with Crippen molar-refractivity contribution in [3.63, 3.8) is 0 Å². The van der Waals surface area contributed by atoms with Crippen molar-refractivity contribution in [2.75, 3.05) is 0 Å². The van der Waals surface area contributed by atoms with E-state index in [2.05, 4.69) is 20.6 Å². The Morgan fingerprint density at radius 1 is 1.08 bits per heavy atom. The van der Waals surface area contributed by atoms with Crippen molar-refractivity contribution in [3.8, 4) is 11.3 Å². The summed E-state index contributed by atoms with van der Waals surface area (Å²) in [4.78, 5) is 12.0. The van der Waals surface area contributed by atoms with E-state index in [9.17, 15) is 4.79 Å². The van der Waals surface area contributed by atoms with Crippen LogP contribution in [0.5, 0.6) is 0 Å². The van der Waals surface area contributed by atoms with E-state index in [1.54, 1.807) is 15.9 Å². The molecule has 0 fully saturated rings. The Hall–Kier alpha value is -3.06. The number of fused-ring (bicyclic) bond motifs is 1. The van der Waals surface area contributed by atoms with E-state index < -0.39 is 0 Å². The van der Waals surface area contributed by atoms with E-state index in [4.69, 9.17) is 0 Å². The van der Waals surface area contributed by atoms with Gasteiger partial charge in [-0.2, -0.15) is 21.0 Å². The number of aromatic nitrogens is 4. The molecule has 1 aromatic carbocycles. The summed E-state index contributed by atoms with van der Waals surface area (Å²) in [5.41, 5.74) is 3.52. The molecule has 6 nitrogen and oxygen atoms in total. The van der Waals surface area contributed by atoms with Crippen molar-refractivity contribution >= 4 is 22.9 Å². The number of carbonyl (C=O) groups is 1. The van der Waals surface area contributed by atoms with E-state index in [-0.39, 0.29) is 12.5 Å². The van der Waals surface area contributed by atoms with Gasteiger partial charge in [-0.15, -0.1) is 10.2 Å². The van der Waals surface area contributed by atoms with Crippen LogP contribution in [0.15, 0.2) is 59.3 Å². The number of carbonyl (C=O) groups excluding carboxylic acids is 1. The fourth-order valence-electron chi connectivity index (χ4n) is 2.53. The highest BCUT2D eigenvalue weighted by molar-refractivity contribution is 7.08. The molecule has 0 aliphatic rings. The van der Waals surface area contributed by atoms with Crippen LogP contribution in [-0.4, -0.2) is 25.7 Å². The van der Waals surface area contributed by atoms with E-state index in [1.807, 2.05) is 59.3 Å². The Labute approximate surface area is 148 Å². The van der Waals surface area contributed by atoms with Crippen LogP contribution < -0.4 is 5.32 Å². The third kappa shape index (κ3) is 3.41. The summed E-state index contributed by atoms with van der Waals surface area (Å²) in [6.45, 7) is 0.287. The highest BCUT2D eigenvalue weighted by Crippen LogP contribution is 2.16. The fraction of sp³-hybridized carbons (Fsp3) is 0.111. The van der Waals surface area contributed by atoms with Crippen molar-refractivity contribution in [1.29, 1.82) is 0 Å². The zero-order chi connectivity index (χ0) is 17.1. The van der Waals surface area contributed by atoms with Crippen LogP contribution in [-0.2, 0) is 17.8 Å². The molecule has 0 unspecified atom stereocenters. The maximum Gasteiger partial charge on any atom is 0.224 e. The topological polar surface area (TPSA) is 72.2 Å². The summed E-state index contributed by atoms with van der Waals surface area (Å²) >= 11 is 1.58. The quantitative estimate of drug-likeness (QED) is 0.601. The van der Waals surface area contributed by atoms with Crippen LogP contribution >= 0.6 is 11.3 Å². The fourth-order valence-corrected chi connectivity index (χ4v) is 3.19. The lowest BCUT2D eigenvalue weighted by molar-refractivity contribution is -0.120. The molecule has 4 aromatic rings. The van der Waals surface area contributed by atoms with Gasteiger partial charge < -0.3 is 5.32 Å². The molecule has 0 aliphatic carbocycles. The predicted octanol–water partition coefficient (Wildman–Crippen LogP) is 2.71. The SMILES string of the molecule is O=C(Cc1ccsc1)NCc1nnc2ccc(-c3ccccc3)nn12. The minimum Gasteiger partial charge on any atom is -0.348 e. The lowest BCUT2D eigenvalue weighted by Gasteiger charge is -2.05. The molecule has 3 aromatic heterocycles. The van der Waals surface area contributed by atoms with Crippen LogP contribution in [0.25, 0.3) is 16.9 Å². The molecule has 0 aliphatic heterocycles. The lowest BCUT2D eigenvalue weighted by atomic mass is 10.1. The van der Waals surface area contributed by atoms with E-state index in [0.29, 0.717) is 17.9 Å². The molecule has 25 heavy (non-hydrogen) atoms. The molecule has 1 amide bonds. The number of amides is 1. The number of thiophene rings is 1. The van der Waals surface area contributed by atoms with Crippen LogP contribution in [0, 0.1) is 0 Å². The summed E-state index contributed by atoms with van der Waals surface area (Å²) in [5.74, 6) is 0.556. The Morgan fingerprint density at radius 3 is 2.76 bits per heavy atom. The molecule has 7 heteroatoms. The third-order valence-electron chi connectivity index (χ3n) is 3.79. The average Bonchev–Trinajstić information content (AvgIpc) is 3.30. The second-order valence-electron chi connectivity index (χ2n) is 5.56. The van der Waals surface area contributed by atoms with Gasteiger partial charge in [0.1, 0.15) is 0 Å². The van der Waals surface area contributed by atoms with Gasteiger partial charge in [-0.3, -0.25) is 4.79 Å². The third-order valence-corrected chi connectivity index (χ3v) is 4.52. The number of nitrogens with one attached hydrogen (secondary N) is 1. The summed E-state index contributed by atoms with van der Waals surface area (Å²) < 4.78 is 1.67. The zero-order valence-corrected chi connectivity index (χ0v) is 14.1. The summed E-state index contributed by atoms with van der Waals surface area (Å²) in [5, 5.41) is 19.7. The predicted molar refractivity (Wildman–Crippen MR) is 96.1 cm³/mol. The van der Waals surface area contributed by atoms with Crippen LogP contribution in [0.4, 0.5) is 0 Å². The molecular weight excluding hydrogens is 334 g/mol. The summed E-state index contributed by atoms with van der Waals surface area (Å²) in [7, 11) is 0. The molecule has 0 bridgehead atoms. The van der Waals surface area contributed by atoms with Crippen LogP contribution in [0.1, 0.15) is 11.4 Å². The summed E-state index contributed by atoms with van der Waals surface area (Å²) in [6.07, 6.45) is 0.364. The Bertz CT molecular complexity index is 995. The monoisotopic (exact) mass is 349 g/mol. The normalized spacial score (nSPS) is 10.9. The molecule has 0 saturated heterocycles. The lowest BCUT2D eigenvalue weighted by Crippen LogP contribution is -2.25. The van der Waals surface area contributed by atoms with Gasteiger partial charge in [0.05, 0.1) is 18.7 Å². The maximum absolute atomic E-state index is 12.0. The van der Waals surface area contributed by atoms with Crippen molar-refractivity contribution in [2.24, 2.45) is 0 Å². The molecule has 0 spiro atoms. The van der Waals surface area contributed by atoms with Gasteiger partial charge in [-0.25, -0.2) is 0 Å². The first-order valence-corrected chi connectivity index (χ1v) is 8.78. The highest BCUT2D eigenvalue weighted by Gasteiger charge is 2.10. The van der Waals surface area contributed by atoms with Gasteiger partial charge in [0.2, 0.25) is 5.91 Å². The van der Waals surface area contributed by atoms with Gasteiger partial charge in [-0.1, -0.05) is 30.3 Å². The summed E-state index contributed by atoms with van der Waals surface area (Å²) in [6, 6.07) is 15.6. The number of hydrogen-bond acceptors (Lipinski definition) is 5.